The first-order chi connectivity index (χ1) is 23.8. The first kappa shape index (κ1) is 27.1. The Hall–Kier alpha value is -6.07. The summed E-state index contributed by atoms with van der Waals surface area (Å²) in [4.78, 5) is 20.6. The van der Waals surface area contributed by atoms with Crippen molar-refractivity contribution < 1.29 is 0 Å². The zero-order chi connectivity index (χ0) is 31.6. The molecule has 0 saturated heterocycles. The van der Waals surface area contributed by atoms with E-state index < -0.39 is 0 Å². The summed E-state index contributed by atoms with van der Waals surface area (Å²) in [5.41, 5.74) is 8.20. The van der Waals surface area contributed by atoms with E-state index in [1.165, 1.54) is 39.0 Å². The van der Waals surface area contributed by atoms with Crippen LogP contribution in [0.3, 0.4) is 0 Å². The van der Waals surface area contributed by atoms with Crippen molar-refractivity contribution >= 4 is 33.8 Å². The molecule has 2 aliphatic heterocycles. The maximum absolute atomic E-state index is 5.29. The van der Waals surface area contributed by atoms with Crippen LogP contribution in [0.4, 0.5) is 23.0 Å². The maximum Gasteiger partial charge on any atom is 0.234 e. The summed E-state index contributed by atoms with van der Waals surface area (Å²) < 4.78 is 0. The smallest absolute Gasteiger partial charge is 0.234 e. The van der Waals surface area contributed by atoms with Crippen molar-refractivity contribution in [2.75, 3.05) is 9.80 Å². The fourth-order valence-electron chi connectivity index (χ4n) is 8.17. The van der Waals surface area contributed by atoms with Gasteiger partial charge in [-0.05, 0) is 34.0 Å². The molecule has 0 radical (unpaired) electrons. The molecule has 5 heteroatoms. The lowest BCUT2D eigenvalue weighted by molar-refractivity contribution is 0.728. The van der Waals surface area contributed by atoms with Crippen LogP contribution in [-0.2, 0) is 0 Å². The lowest BCUT2D eigenvalue weighted by Gasteiger charge is -2.32. The number of aromatic nitrogens is 3. The average Bonchev–Trinajstić information content (AvgIpc) is 3.70. The van der Waals surface area contributed by atoms with Crippen LogP contribution in [0.15, 0.2) is 164 Å². The zero-order valence-electron chi connectivity index (χ0n) is 26.1. The van der Waals surface area contributed by atoms with Gasteiger partial charge in [0.2, 0.25) is 5.95 Å². The highest BCUT2D eigenvalue weighted by molar-refractivity contribution is 6.07. The maximum atomic E-state index is 5.29. The SMILES string of the molecule is C1=CC2c3c(c4c(c5ccccc35)C3C=CC=CC3N4c3nc(-c4ccccc4)nc(-c4ccccc4)n3)N(c3ccccc3)C2C=C1. The van der Waals surface area contributed by atoms with Gasteiger partial charge in [-0.2, -0.15) is 9.97 Å². The van der Waals surface area contributed by atoms with Crippen molar-refractivity contribution in [1.82, 2.24) is 15.0 Å². The summed E-state index contributed by atoms with van der Waals surface area (Å²) >= 11 is 0. The van der Waals surface area contributed by atoms with E-state index in [-0.39, 0.29) is 23.9 Å². The molecule has 10 rings (SSSR count). The first-order valence-corrected chi connectivity index (χ1v) is 16.6. The molecule has 5 nitrogen and oxygen atoms in total. The van der Waals surface area contributed by atoms with Crippen molar-refractivity contribution in [2.45, 2.75) is 23.9 Å². The quantitative estimate of drug-likeness (QED) is 0.197. The number of anilines is 4. The molecular weight excluding hydrogens is 587 g/mol. The van der Waals surface area contributed by atoms with E-state index in [2.05, 4.69) is 137 Å². The van der Waals surface area contributed by atoms with Gasteiger partial charge < -0.3 is 9.80 Å². The number of para-hydroxylation sites is 1. The molecule has 228 valence electrons. The Balaban J connectivity index is 1.31. The van der Waals surface area contributed by atoms with Gasteiger partial charge in [-0.1, -0.05) is 152 Å². The molecule has 48 heavy (non-hydrogen) atoms. The summed E-state index contributed by atoms with van der Waals surface area (Å²) in [5, 5.41) is 2.61. The number of fused-ring (bicyclic) bond motifs is 10. The summed E-state index contributed by atoms with van der Waals surface area (Å²) in [5.74, 6) is 2.31. The first-order valence-electron chi connectivity index (χ1n) is 16.6. The van der Waals surface area contributed by atoms with E-state index in [9.17, 15) is 0 Å². The van der Waals surface area contributed by atoms with Crippen LogP contribution in [0.2, 0.25) is 0 Å². The Bertz CT molecular complexity index is 2270. The molecule has 4 atom stereocenters. The van der Waals surface area contributed by atoms with Gasteiger partial charge in [0.25, 0.3) is 0 Å². The van der Waals surface area contributed by atoms with Gasteiger partial charge >= 0.3 is 0 Å². The Morgan fingerprint density at radius 2 is 0.854 bits per heavy atom. The van der Waals surface area contributed by atoms with Crippen molar-refractivity contribution in [2.24, 2.45) is 0 Å². The van der Waals surface area contributed by atoms with E-state index >= 15 is 0 Å². The molecule has 0 spiro atoms. The topological polar surface area (TPSA) is 45.2 Å². The van der Waals surface area contributed by atoms with Crippen LogP contribution in [-0.4, -0.2) is 27.0 Å². The van der Waals surface area contributed by atoms with Gasteiger partial charge in [-0.3, -0.25) is 0 Å². The third-order valence-electron chi connectivity index (χ3n) is 10.1. The van der Waals surface area contributed by atoms with E-state index in [0.29, 0.717) is 17.6 Å². The highest BCUT2D eigenvalue weighted by Crippen LogP contribution is 2.62. The number of hydrogen-bond donors (Lipinski definition) is 0. The highest BCUT2D eigenvalue weighted by Gasteiger charge is 2.49. The second kappa shape index (κ2) is 10.7. The Kier molecular flexibility index (Phi) is 6.06. The van der Waals surface area contributed by atoms with Gasteiger partial charge in [0, 0.05) is 28.7 Å². The molecule has 4 unspecified atom stereocenters. The molecule has 0 fully saturated rings. The van der Waals surface area contributed by atoms with Gasteiger partial charge in [-0.25, -0.2) is 4.98 Å². The average molecular weight is 618 g/mol. The lowest BCUT2D eigenvalue weighted by Crippen LogP contribution is -2.32. The fraction of sp³-hybridized carbons (Fsp3) is 0.0930. The lowest BCUT2D eigenvalue weighted by atomic mass is 9.83. The summed E-state index contributed by atoms with van der Waals surface area (Å²) in [6.45, 7) is 0. The van der Waals surface area contributed by atoms with E-state index in [1.54, 1.807) is 0 Å². The molecule has 0 N–H and O–H groups in total. The Morgan fingerprint density at radius 1 is 0.417 bits per heavy atom. The van der Waals surface area contributed by atoms with Crippen molar-refractivity contribution in [1.29, 1.82) is 0 Å². The van der Waals surface area contributed by atoms with Crippen molar-refractivity contribution in [3.05, 3.63) is 175 Å². The van der Waals surface area contributed by atoms with Crippen LogP contribution in [0.1, 0.15) is 23.0 Å². The van der Waals surface area contributed by atoms with Gasteiger partial charge in [0.15, 0.2) is 11.6 Å². The minimum absolute atomic E-state index is 0.000823. The Labute approximate surface area is 279 Å². The van der Waals surface area contributed by atoms with Gasteiger partial charge in [0.1, 0.15) is 0 Å². The second-order valence-corrected chi connectivity index (χ2v) is 12.7. The van der Waals surface area contributed by atoms with Crippen LogP contribution in [0, 0.1) is 0 Å². The third-order valence-corrected chi connectivity index (χ3v) is 10.1. The van der Waals surface area contributed by atoms with Gasteiger partial charge in [0.05, 0.1) is 23.5 Å². The number of nitrogens with zero attached hydrogens (tertiary/aromatic N) is 5. The molecule has 3 heterocycles. The van der Waals surface area contributed by atoms with Gasteiger partial charge in [-0.15, -0.1) is 0 Å². The molecule has 1 aromatic heterocycles. The second-order valence-electron chi connectivity index (χ2n) is 12.7. The summed E-state index contributed by atoms with van der Waals surface area (Å²) in [6.07, 6.45) is 18.2. The predicted octanol–water partition coefficient (Wildman–Crippen LogP) is 9.82. The predicted molar refractivity (Wildman–Crippen MR) is 195 cm³/mol. The zero-order valence-corrected chi connectivity index (χ0v) is 26.1. The monoisotopic (exact) mass is 617 g/mol. The number of benzene rings is 5. The normalized spacial score (nSPS) is 21.3. The Morgan fingerprint density at radius 3 is 1.40 bits per heavy atom. The standard InChI is InChI=1S/C43H31N5/c1-4-16-28(17-5-1)41-44-42(29-18-6-2-7-19-29)46-43(45-41)48-36-27-15-13-25-34(36)38-32-23-11-10-22-31(32)37-33-24-12-14-26-35(33)47(39(37)40(38)48)30-20-8-3-9-21-30/h1-27,33-36H. The molecule has 0 saturated carbocycles. The van der Waals surface area contributed by atoms with Crippen LogP contribution < -0.4 is 9.80 Å². The molecular formula is C43H31N5. The fourth-order valence-corrected chi connectivity index (χ4v) is 8.17. The molecule has 6 aromatic rings. The van der Waals surface area contributed by atoms with Crippen molar-refractivity contribution in [3.8, 4) is 22.8 Å². The van der Waals surface area contributed by atoms with Crippen LogP contribution in [0.25, 0.3) is 33.5 Å². The molecule has 0 bridgehead atoms. The van der Waals surface area contributed by atoms with E-state index in [4.69, 9.17) is 15.0 Å². The summed E-state index contributed by atoms with van der Waals surface area (Å²) in [6, 6.07) is 40.5. The highest BCUT2D eigenvalue weighted by atomic mass is 15.3. The third kappa shape index (κ3) is 4.00. The van der Waals surface area contributed by atoms with E-state index in [0.717, 1.165) is 11.1 Å². The number of rotatable bonds is 4. The van der Waals surface area contributed by atoms with Crippen LogP contribution >= 0.6 is 0 Å². The largest absolute Gasteiger partial charge is 0.332 e. The minimum Gasteiger partial charge on any atom is -0.332 e. The number of allylic oxidation sites excluding steroid dienone is 4. The summed E-state index contributed by atoms with van der Waals surface area (Å²) in [7, 11) is 0. The molecule has 2 aliphatic carbocycles. The molecule has 5 aromatic carbocycles. The molecule has 0 amide bonds. The van der Waals surface area contributed by atoms with Crippen molar-refractivity contribution in [3.63, 3.8) is 0 Å². The van der Waals surface area contributed by atoms with E-state index in [1.807, 2.05) is 36.4 Å². The molecule has 4 aliphatic rings. The van der Waals surface area contributed by atoms with Crippen LogP contribution in [0.5, 0.6) is 0 Å². The minimum atomic E-state index is 0.000823. The number of hydrogen-bond acceptors (Lipinski definition) is 5.